The lowest BCUT2D eigenvalue weighted by molar-refractivity contribution is 0.102. The van der Waals surface area contributed by atoms with Crippen LogP contribution in [0.4, 0.5) is 5.69 Å². The molecule has 6 heteroatoms. The van der Waals surface area contributed by atoms with Gasteiger partial charge in [-0.25, -0.2) is 0 Å². The summed E-state index contributed by atoms with van der Waals surface area (Å²) in [5.74, 6) is -0.871. The van der Waals surface area contributed by atoms with Crippen LogP contribution >= 0.6 is 34.8 Å². The lowest BCUT2D eigenvalue weighted by Gasteiger charge is -2.16. The zero-order valence-corrected chi connectivity index (χ0v) is 17.1. The van der Waals surface area contributed by atoms with Gasteiger partial charge in [-0.1, -0.05) is 65.1 Å². The van der Waals surface area contributed by atoms with E-state index in [1.54, 1.807) is 54.6 Å². The molecule has 0 aliphatic carbocycles. The monoisotopic (exact) mass is 428 g/mol. The van der Waals surface area contributed by atoms with Crippen LogP contribution in [0.15, 0.2) is 60.7 Å². The van der Waals surface area contributed by atoms with Gasteiger partial charge in [0.2, 0.25) is 0 Å². The number of halogens is 3. The van der Waals surface area contributed by atoms with Gasteiger partial charge in [0.1, 0.15) is 0 Å². The summed E-state index contributed by atoms with van der Waals surface area (Å²) in [6.45, 7) is 1.85. The fourth-order valence-corrected chi connectivity index (χ4v) is 3.49. The minimum absolute atomic E-state index is 0.327. The third-order valence-electron chi connectivity index (χ3n) is 4.35. The number of nitrogens with one attached hydrogen (secondary N) is 1. The van der Waals surface area contributed by atoms with Crippen molar-refractivity contribution < 1.29 is 4.79 Å². The van der Waals surface area contributed by atoms with Crippen LogP contribution in [0.5, 0.6) is 0 Å². The van der Waals surface area contributed by atoms with E-state index in [2.05, 4.69) is 11.4 Å². The molecule has 0 fully saturated rings. The molecule has 1 N–H and O–H groups in total. The van der Waals surface area contributed by atoms with E-state index in [-0.39, 0.29) is 5.91 Å². The van der Waals surface area contributed by atoms with Crippen LogP contribution in [-0.2, 0) is 0 Å². The van der Waals surface area contributed by atoms with E-state index in [1.807, 2.05) is 13.0 Å². The van der Waals surface area contributed by atoms with Crippen molar-refractivity contribution in [2.75, 3.05) is 5.32 Å². The minimum atomic E-state index is -0.545. The molecule has 140 valence electrons. The third kappa shape index (κ3) is 4.31. The first-order valence-electron chi connectivity index (χ1n) is 8.41. The molecule has 0 aromatic heterocycles. The number of nitrogens with zero attached hydrogens (tertiary/aromatic N) is 1. The van der Waals surface area contributed by atoms with Crippen molar-refractivity contribution in [1.29, 1.82) is 5.26 Å². The molecule has 3 aromatic carbocycles. The van der Waals surface area contributed by atoms with Gasteiger partial charge in [-0.15, -0.1) is 0 Å². The molecule has 0 unspecified atom stereocenters. The molecule has 1 atom stereocenters. The molecule has 0 radical (unpaired) electrons. The number of rotatable bonds is 4. The predicted molar refractivity (Wildman–Crippen MR) is 115 cm³/mol. The largest absolute Gasteiger partial charge is 0.322 e. The van der Waals surface area contributed by atoms with E-state index >= 15 is 0 Å². The van der Waals surface area contributed by atoms with E-state index in [0.717, 1.165) is 11.1 Å². The zero-order chi connectivity index (χ0) is 20.3. The lowest BCUT2D eigenvalue weighted by atomic mass is 9.91. The molecule has 0 bridgehead atoms. The van der Waals surface area contributed by atoms with E-state index < -0.39 is 5.92 Å². The zero-order valence-electron chi connectivity index (χ0n) is 14.8. The number of nitriles is 1. The van der Waals surface area contributed by atoms with Crippen LogP contribution in [0.1, 0.15) is 33.0 Å². The fourth-order valence-electron chi connectivity index (χ4n) is 2.87. The van der Waals surface area contributed by atoms with Gasteiger partial charge in [0.25, 0.3) is 5.91 Å². The number of carbonyl (C=O) groups is 1. The fraction of sp³-hybridized carbons (Fsp3) is 0.0909. The number of amides is 1. The average Bonchev–Trinajstić information content (AvgIpc) is 2.67. The lowest BCUT2D eigenvalue weighted by Crippen LogP contribution is -2.13. The molecule has 28 heavy (non-hydrogen) atoms. The molecule has 0 spiro atoms. The third-order valence-corrected chi connectivity index (χ3v) is 5.26. The molecule has 0 saturated heterocycles. The number of benzene rings is 3. The van der Waals surface area contributed by atoms with E-state index in [1.165, 1.54) is 0 Å². The van der Waals surface area contributed by atoms with Crippen LogP contribution in [-0.4, -0.2) is 5.91 Å². The van der Waals surface area contributed by atoms with Gasteiger partial charge < -0.3 is 5.32 Å². The summed E-state index contributed by atoms with van der Waals surface area (Å²) in [5, 5.41) is 13.9. The van der Waals surface area contributed by atoms with Crippen LogP contribution in [0, 0.1) is 18.3 Å². The summed E-state index contributed by atoms with van der Waals surface area (Å²) in [5.41, 5.74) is 3.18. The Morgan fingerprint density at radius 3 is 2.32 bits per heavy atom. The maximum Gasteiger partial charge on any atom is 0.257 e. The molecule has 0 aliphatic heterocycles. The summed E-state index contributed by atoms with van der Waals surface area (Å²) in [4.78, 5) is 12.5. The number of hydrogen-bond donors (Lipinski definition) is 1. The van der Waals surface area contributed by atoms with Crippen molar-refractivity contribution in [3.8, 4) is 6.07 Å². The maximum atomic E-state index is 12.5. The molecule has 0 heterocycles. The predicted octanol–water partition coefficient (Wildman–Crippen LogP) is 6.86. The molecule has 0 saturated carbocycles. The Morgan fingerprint density at radius 1 is 1.00 bits per heavy atom. The van der Waals surface area contributed by atoms with Crippen LogP contribution < -0.4 is 5.32 Å². The molecular formula is C22H15Cl3N2O. The molecule has 0 aliphatic rings. The molecule has 3 rings (SSSR count). The van der Waals surface area contributed by atoms with Gasteiger partial charge in [0.05, 0.1) is 22.6 Å². The average molecular weight is 430 g/mol. The molecule has 3 nitrogen and oxygen atoms in total. The van der Waals surface area contributed by atoms with Crippen molar-refractivity contribution >= 4 is 46.4 Å². The second-order valence-corrected chi connectivity index (χ2v) is 7.49. The van der Waals surface area contributed by atoms with Crippen molar-refractivity contribution in [3.05, 3.63) is 98.0 Å². The minimum Gasteiger partial charge on any atom is -0.322 e. The first-order valence-corrected chi connectivity index (χ1v) is 9.55. The highest BCUT2D eigenvalue weighted by molar-refractivity contribution is 6.34. The summed E-state index contributed by atoms with van der Waals surface area (Å²) < 4.78 is 0. The number of carbonyl (C=O) groups excluding carboxylic acids is 1. The van der Waals surface area contributed by atoms with Gasteiger partial charge in [-0.05, 0) is 53.9 Å². The Balaban J connectivity index is 1.92. The normalized spacial score (nSPS) is 11.5. The highest BCUT2D eigenvalue weighted by atomic mass is 35.5. The Labute approximate surface area is 178 Å². The second-order valence-electron chi connectivity index (χ2n) is 6.24. The number of hydrogen-bond acceptors (Lipinski definition) is 2. The van der Waals surface area contributed by atoms with Crippen LogP contribution in [0.3, 0.4) is 0 Å². The van der Waals surface area contributed by atoms with Gasteiger partial charge in [-0.3, -0.25) is 4.79 Å². The van der Waals surface area contributed by atoms with Gasteiger partial charge >= 0.3 is 0 Å². The van der Waals surface area contributed by atoms with E-state index in [4.69, 9.17) is 34.8 Å². The van der Waals surface area contributed by atoms with Gasteiger partial charge in [0.15, 0.2) is 0 Å². The van der Waals surface area contributed by atoms with E-state index in [0.29, 0.717) is 31.9 Å². The first-order chi connectivity index (χ1) is 13.4. The Hall–Kier alpha value is -2.51. The summed E-state index contributed by atoms with van der Waals surface area (Å²) in [6, 6.07) is 19.6. The molecule has 3 aromatic rings. The standard InChI is InChI=1S/C22H15Cl3N2O/c1-13-10-17(18(12-26)14-6-8-15(23)9-7-14)20(25)11-21(13)27-22(28)16-4-2-3-5-19(16)24/h2-11,18H,1H3,(H,27,28)/t18-/m1/s1. The molecular weight excluding hydrogens is 415 g/mol. The summed E-state index contributed by atoms with van der Waals surface area (Å²) >= 11 is 18.5. The second kappa shape index (κ2) is 8.67. The van der Waals surface area contributed by atoms with Crippen molar-refractivity contribution in [2.24, 2.45) is 0 Å². The Morgan fingerprint density at radius 2 is 1.68 bits per heavy atom. The molecule has 1 amide bonds. The van der Waals surface area contributed by atoms with Crippen molar-refractivity contribution in [3.63, 3.8) is 0 Å². The van der Waals surface area contributed by atoms with Crippen molar-refractivity contribution in [2.45, 2.75) is 12.8 Å². The van der Waals surface area contributed by atoms with Crippen LogP contribution in [0.25, 0.3) is 0 Å². The number of anilines is 1. The Kier molecular flexibility index (Phi) is 6.26. The van der Waals surface area contributed by atoms with E-state index in [9.17, 15) is 10.1 Å². The maximum absolute atomic E-state index is 12.5. The Bertz CT molecular complexity index is 1070. The summed E-state index contributed by atoms with van der Waals surface area (Å²) in [7, 11) is 0. The number of aryl methyl sites for hydroxylation is 1. The highest BCUT2D eigenvalue weighted by Gasteiger charge is 2.19. The van der Waals surface area contributed by atoms with Crippen molar-refractivity contribution in [1.82, 2.24) is 0 Å². The topological polar surface area (TPSA) is 52.9 Å². The van der Waals surface area contributed by atoms with Gasteiger partial charge in [-0.2, -0.15) is 5.26 Å². The van der Waals surface area contributed by atoms with Crippen LogP contribution in [0.2, 0.25) is 15.1 Å². The highest BCUT2D eigenvalue weighted by Crippen LogP contribution is 2.34. The summed E-state index contributed by atoms with van der Waals surface area (Å²) in [6.07, 6.45) is 0. The quantitative estimate of drug-likeness (QED) is 0.492. The first kappa shape index (κ1) is 20.2. The smallest absolute Gasteiger partial charge is 0.257 e. The SMILES string of the molecule is Cc1cc([C@H](C#N)c2ccc(Cl)cc2)c(Cl)cc1NC(=O)c1ccccc1Cl. The van der Waals surface area contributed by atoms with Gasteiger partial charge in [0, 0.05) is 15.7 Å².